The highest BCUT2D eigenvalue weighted by molar-refractivity contribution is 5.55. The van der Waals surface area contributed by atoms with E-state index in [4.69, 9.17) is 4.52 Å². The molecule has 0 saturated carbocycles. The summed E-state index contributed by atoms with van der Waals surface area (Å²) in [5, 5.41) is 13.0. The average molecular weight is 236 g/mol. The topological polar surface area (TPSA) is 59.2 Å². The Morgan fingerprint density at radius 1 is 1.47 bits per heavy atom. The van der Waals surface area contributed by atoms with Crippen LogP contribution in [0.4, 0.5) is 4.39 Å². The van der Waals surface area contributed by atoms with Gasteiger partial charge in [0.15, 0.2) is 0 Å². The lowest BCUT2D eigenvalue weighted by Crippen LogP contribution is -2.04. The van der Waals surface area contributed by atoms with Crippen molar-refractivity contribution in [1.82, 2.24) is 10.1 Å². The monoisotopic (exact) mass is 236 g/mol. The maximum atomic E-state index is 13.1. The fourth-order valence-electron chi connectivity index (χ4n) is 1.49. The lowest BCUT2D eigenvalue weighted by molar-refractivity contribution is 0.181. The molecule has 90 valence electrons. The first-order valence-electron chi connectivity index (χ1n) is 5.33. The van der Waals surface area contributed by atoms with E-state index in [2.05, 4.69) is 10.1 Å². The van der Waals surface area contributed by atoms with Crippen LogP contribution >= 0.6 is 0 Å². The van der Waals surface area contributed by atoms with Crippen molar-refractivity contribution in [1.29, 1.82) is 0 Å². The molecule has 0 spiro atoms. The van der Waals surface area contributed by atoms with E-state index in [-0.39, 0.29) is 5.82 Å². The fourth-order valence-corrected chi connectivity index (χ4v) is 1.49. The van der Waals surface area contributed by atoms with Crippen molar-refractivity contribution in [2.75, 3.05) is 0 Å². The van der Waals surface area contributed by atoms with Crippen LogP contribution in [0.1, 0.15) is 18.4 Å². The van der Waals surface area contributed by atoms with Crippen molar-refractivity contribution in [3.63, 3.8) is 0 Å². The van der Waals surface area contributed by atoms with E-state index >= 15 is 0 Å². The maximum Gasteiger partial charge on any atom is 0.229 e. The molecule has 1 heterocycles. The van der Waals surface area contributed by atoms with Gasteiger partial charge in [-0.05, 0) is 37.6 Å². The minimum atomic E-state index is -0.529. The molecule has 0 amide bonds. The van der Waals surface area contributed by atoms with Crippen LogP contribution in [0.15, 0.2) is 22.7 Å². The molecule has 2 aromatic rings. The largest absolute Gasteiger partial charge is 0.393 e. The Morgan fingerprint density at radius 3 is 2.88 bits per heavy atom. The van der Waals surface area contributed by atoms with Gasteiger partial charge in [0.1, 0.15) is 5.82 Å². The van der Waals surface area contributed by atoms with E-state index in [0.717, 1.165) is 0 Å². The molecular formula is C12H13FN2O2. The second kappa shape index (κ2) is 4.63. The molecule has 2 rings (SSSR count). The van der Waals surface area contributed by atoms with Gasteiger partial charge in [-0.15, -0.1) is 0 Å². The summed E-state index contributed by atoms with van der Waals surface area (Å²) in [6.07, 6.45) is -0.217. The van der Waals surface area contributed by atoms with E-state index in [0.29, 0.717) is 29.3 Å². The van der Waals surface area contributed by atoms with Crippen molar-refractivity contribution in [2.24, 2.45) is 0 Å². The number of nitrogens with zero attached hydrogens (tertiary/aromatic N) is 2. The normalized spacial score (nSPS) is 12.7. The van der Waals surface area contributed by atoms with E-state index in [1.54, 1.807) is 26.0 Å². The Balaban J connectivity index is 2.27. The standard InChI is InChI=1S/C12H13FN2O2/c1-7-5-9(3-4-10(7)13)12-14-11(17-15-12)6-8(2)16/h3-5,8,16H,6H2,1-2H3. The van der Waals surface area contributed by atoms with Crippen LogP contribution in [-0.4, -0.2) is 21.4 Å². The first kappa shape index (κ1) is 11.7. The lowest BCUT2D eigenvalue weighted by Gasteiger charge is -1.98. The number of hydrogen-bond donors (Lipinski definition) is 1. The van der Waals surface area contributed by atoms with Crippen LogP contribution in [0.25, 0.3) is 11.4 Å². The summed E-state index contributed by atoms with van der Waals surface area (Å²) in [5.74, 6) is 0.516. The fraction of sp³-hybridized carbons (Fsp3) is 0.333. The first-order valence-corrected chi connectivity index (χ1v) is 5.33. The van der Waals surface area contributed by atoms with Crippen molar-refractivity contribution < 1.29 is 14.0 Å². The molecule has 4 nitrogen and oxygen atoms in total. The second-order valence-corrected chi connectivity index (χ2v) is 4.03. The van der Waals surface area contributed by atoms with Gasteiger partial charge >= 0.3 is 0 Å². The second-order valence-electron chi connectivity index (χ2n) is 4.03. The number of benzene rings is 1. The summed E-state index contributed by atoms with van der Waals surface area (Å²) in [4.78, 5) is 4.13. The van der Waals surface area contributed by atoms with Crippen LogP contribution in [0.2, 0.25) is 0 Å². The quantitative estimate of drug-likeness (QED) is 0.886. The lowest BCUT2D eigenvalue weighted by atomic mass is 10.1. The average Bonchev–Trinajstić information content (AvgIpc) is 2.69. The predicted molar refractivity (Wildman–Crippen MR) is 59.8 cm³/mol. The highest BCUT2D eigenvalue weighted by Crippen LogP contribution is 2.19. The van der Waals surface area contributed by atoms with Crippen molar-refractivity contribution in [3.8, 4) is 11.4 Å². The third-order valence-corrected chi connectivity index (χ3v) is 2.35. The smallest absolute Gasteiger partial charge is 0.229 e. The van der Waals surface area contributed by atoms with Gasteiger partial charge in [-0.25, -0.2) is 4.39 Å². The zero-order valence-electron chi connectivity index (χ0n) is 9.64. The molecule has 1 aromatic heterocycles. The zero-order valence-corrected chi connectivity index (χ0v) is 9.64. The van der Waals surface area contributed by atoms with Gasteiger partial charge in [0.25, 0.3) is 0 Å². The van der Waals surface area contributed by atoms with Gasteiger partial charge in [-0.3, -0.25) is 0 Å². The van der Waals surface area contributed by atoms with Crippen LogP contribution in [0, 0.1) is 12.7 Å². The zero-order chi connectivity index (χ0) is 12.4. The third-order valence-electron chi connectivity index (χ3n) is 2.35. The Kier molecular flexibility index (Phi) is 3.19. The summed E-state index contributed by atoms with van der Waals surface area (Å²) < 4.78 is 18.1. The van der Waals surface area contributed by atoms with Crippen LogP contribution in [0.3, 0.4) is 0 Å². The van der Waals surface area contributed by atoms with Gasteiger partial charge in [0.05, 0.1) is 12.5 Å². The van der Waals surface area contributed by atoms with Gasteiger partial charge in [0, 0.05) is 5.56 Å². The molecule has 0 radical (unpaired) electrons. The molecule has 1 atom stereocenters. The van der Waals surface area contributed by atoms with Crippen molar-refractivity contribution >= 4 is 0 Å². The summed E-state index contributed by atoms with van der Waals surface area (Å²) >= 11 is 0. The van der Waals surface area contributed by atoms with E-state index in [9.17, 15) is 9.50 Å². The number of halogens is 1. The van der Waals surface area contributed by atoms with Gasteiger partial charge in [-0.1, -0.05) is 5.16 Å². The molecular weight excluding hydrogens is 223 g/mol. The number of aryl methyl sites for hydroxylation is 1. The molecule has 1 unspecified atom stereocenters. The Bertz CT molecular complexity index is 523. The molecule has 0 aliphatic heterocycles. The van der Waals surface area contributed by atoms with Crippen molar-refractivity contribution in [3.05, 3.63) is 35.5 Å². The molecule has 5 heteroatoms. The van der Waals surface area contributed by atoms with Gasteiger partial charge < -0.3 is 9.63 Å². The summed E-state index contributed by atoms with van der Waals surface area (Å²) in [7, 11) is 0. The van der Waals surface area contributed by atoms with Crippen molar-refractivity contribution in [2.45, 2.75) is 26.4 Å². The van der Waals surface area contributed by atoms with E-state index in [1.165, 1.54) is 6.07 Å². The minimum absolute atomic E-state index is 0.263. The Labute approximate surface area is 98.1 Å². The SMILES string of the molecule is Cc1cc(-c2noc(CC(C)O)n2)ccc1F. The highest BCUT2D eigenvalue weighted by Gasteiger charge is 2.11. The summed E-state index contributed by atoms with van der Waals surface area (Å²) in [6, 6.07) is 4.63. The molecule has 1 N–H and O–H groups in total. The molecule has 17 heavy (non-hydrogen) atoms. The number of aromatic nitrogens is 2. The van der Waals surface area contributed by atoms with E-state index in [1.807, 2.05) is 0 Å². The highest BCUT2D eigenvalue weighted by atomic mass is 19.1. The molecule has 0 aliphatic carbocycles. The summed E-state index contributed by atoms with van der Waals surface area (Å²) in [5.41, 5.74) is 1.23. The van der Waals surface area contributed by atoms with Crippen LogP contribution in [0.5, 0.6) is 0 Å². The molecule has 1 aromatic carbocycles. The molecule has 0 bridgehead atoms. The number of aliphatic hydroxyl groups is 1. The first-order chi connectivity index (χ1) is 8.06. The number of aliphatic hydroxyl groups excluding tert-OH is 1. The molecule has 0 saturated heterocycles. The van der Waals surface area contributed by atoms with Gasteiger partial charge in [0.2, 0.25) is 11.7 Å². The molecule has 0 aliphatic rings. The number of hydrogen-bond acceptors (Lipinski definition) is 4. The minimum Gasteiger partial charge on any atom is -0.393 e. The predicted octanol–water partition coefficient (Wildman–Crippen LogP) is 2.11. The van der Waals surface area contributed by atoms with Gasteiger partial charge in [-0.2, -0.15) is 4.98 Å². The third kappa shape index (κ3) is 2.68. The van der Waals surface area contributed by atoms with E-state index < -0.39 is 6.10 Å². The molecule has 0 fully saturated rings. The maximum absolute atomic E-state index is 13.1. The Morgan fingerprint density at radius 2 is 2.24 bits per heavy atom. The van der Waals surface area contributed by atoms with Crippen LogP contribution in [-0.2, 0) is 6.42 Å². The Hall–Kier alpha value is -1.75. The van der Waals surface area contributed by atoms with Crippen LogP contribution < -0.4 is 0 Å². The summed E-state index contributed by atoms with van der Waals surface area (Å²) in [6.45, 7) is 3.32. The number of rotatable bonds is 3.